The van der Waals surface area contributed by atoms with Gasteiger partial charge >= 0.3 is 0 Å². The molecule has 7 heteroatoms. The van der Waals surface area contributed by atoms with E-state index in [1.54, 1.807) is 32.2 Å². The number of hydrogen-bond acceptors (Lipinski definition) is 3. The van der Waals surface area contributed by atoms with Crippen LogP contribution in [0.5, 0.6) is 0 Å². The van der Waals surface area contributed by atoms with Gasteiger partial charge in [-0.1, -0.05) is 58.2 Å². The number of aryl methyl sites for hydroxylation is 2. The number of hydrogen-bond donors (Lipinski definition) is 2. The summed E-state index contributed by atoms with van der Waals surface area (Å²) in [4.78, 5) is 22.2. The Balaban J connectivity index is 1.68. The third kappa shape index (κ3) is 9.70. The molecule has 0 spiro atoms. The van der Waals surface area contributed by atoms with Gasteiger partial charge in [0, 0.05) is 35.8 Å². The second-order valence-electron chi connectivity index (χ2n) is 12.2. The summed E-state index contributed by atoms with van der Waals surface area (Å²) in [5.41, 5.74) is 3.89. The van der Waals surface area contributed by atoms with Crippen LogP contribution in [0.15, 0.2) is 58.8 Å². The Hall–Kier alpha value is -3.61. The molecule has 0 heterocycles. The monoisotopic (exact) mass is 604 g/mol. The first kappa shape index (κ1) is 34.9. The van der Waals surface area contributed by atoms with E-state index < -0.39 is 11.6 Å². The average molecular weight is 605 g/mol. The zero-order valence-electron chi connectivity index (χ0n) is 27.6. The van der Waals surface area contributed by atoms with E-state index in [0.717, 1.165) is 29.6 Å². The van der Waals surface area contributed by atoms with Gasteiger partial charge in [-0.05, 0) is 106 Å². The number of nitrogens with one attached hydrogen (secondary N) is 2. The van der Waals surface area contributed by atoms with Crippen LogP contribution < -0.4 is 10.6 Å². The Labute approximate surface area is 263 Å². The van der Waals surface area contributed by atoms with E-state index in [9.17, 15) is 13.6 Å². The maximum absolute atomic E-state index is 14.5. The van der Waals surface area contributed by atoms with Gasteiger partial charge in [-0.3, -0.25) is 9.79 Å². The number of amides is 1. The average Bonchev–Trinajstić information content (AvgIpc) is 3.03. The summed E-state index contributed by atoms with van der Waals surface area (Å²) >= 11 is 0. The largest absolute Gasteiger partial charge is 0.352 e. The van der Waals surface area contributed by atoms with E-state index in [1.165, 1.54) is 51.6 Å². The minimum atomic E-state index is -0.881. The number of allylic oxidation sites excluding steroid dienone is 2. The van der Waals surface area contributed by atoms with Gasteiger partial charge in [-0.2, -0.15) is 0 Å². The summed E-state index contributed by atoms with van der Waals surface area (Å²) in [6.07, 6.45) is 13.2. The van der Waals surface area contributed by atoms with Crippen LogP contribution in [0.25, 0.3) is 5.57 Å². The van der Waals surface area contributed by atoms with Gasteiger partial charge in [0.05, 0.1) is 5.71 Å². The van der Waals surface area contributed by atoms with Gasteiger partial charge in [0.1, 0.15) is 0 Å². The molecule has 1 atom stereocenters. The van der Waals surface area contributed by atoms with Crippen LogP contribution >= 0.6 is 0 Å². The van der Waals surface area contributed by atoms with E-state index in [-0.39, 0.29) is 17.0 Å². The number of carbonyl (C=O) groups is 1. The van der Waals surface area contributed by atoms with Crippen LogP contribution in [-0.2, 0) is 6.42 Å². The summed E-state index contributed by atoms with van der Waals surface area (Å²) in [5, 5.41) is 6.52. The lowest BCUT2D eigenvalue weighted by molar-refractivity contribution is 0.0939. The molecule has 1 amide bonds. The van der Waals surface area contributed by atoms with E-state index in [4.69, 9.17) is 0 Å². The second-order valence-corrected chi connectivity index (χ2v) is 12.2. The first-order valence-electron chi connectivity index (χ1n) is 16.1. The zero-order chi connectivity index (χ0) is 32.2. The third-order valence-electron chi connectivity index (χ3n) is 8.79. The van der Waals surface area contributed by atoms with Crippen molar-refractivity contribution in [3.8, 4) is 0 Å². The van der Waals surface area contributed by atoms with Crippen LogP contribution in [0.2, 0.25) is 0 Å². The summed E-state index contributed by atoms with van der Waals surface area (Å²) in [6.45, 7) is 14.3. The Kier molecular flexibility index (Phi) is 13.5. The molecule has 238 valence electrons. The maximum atomic E-state index is 14.5. The fraction of sp³-hybridized carbons (Fsp3) is 0.486. The Bertz CT molecular complexity index is 1400. The minimum absolute atomic E-state index is 0.0314. The fourth-order valence-electron chi connectivity index (χ4n) is 5.70. The molecule has 1 unspecified atom stereocenters. The molecule has 0 bridgehead atoms. The van der Waals surface area contributed by atoms with Crippen LogP contribution in [0.1, 0.15) is 107 Å². The molecule has 2 aromatic carbocycles. The smallest absolute Gasteiger partial charge is 0.251 e. The summed E-state index contributed by atoms with van der Waals surface area (Å²) in [5.74, 6) is 0.919. The number of carbonyl (C=O) groups excluding carboxylic acids is 1. The summed E-state index contributed by atoms with van der Waals surface area (Å²) < 4.78 is 28.6. The van der Waals surface area contributed by atoms with Gasteiger partial charge in [0.25, 0.3) is 5.91 Å². The van der Waals surface area contributed by atoms with Crippen molar-refractivity contribution in [3.05, 3.63) is 82.7 Å². The summed E-state index contributed by atoms with van der Waals surface area (Å²) in [7, 11) is 0. The quantitative estimate of drug-likeness (QED) is 0.187. The highest BCUT2D eigenvalue weighted by Crippen LogP contribution is 2.33. The van der Waals surface area contributed by atoms with Crippen molar-refractivity contribution in [2.75, 3.05) is 11.9 Å². The molecule has 1 aliphatic rings. The zero-order valence-corrected chi connectivity index (χ0v) is 27.6. The number of halogens is 2. The van der Waals surface area contributed by atoms with Crippen molar-refractivity contribution in [1.82, 2.24) is 5.32 Å². The highest BCUT2D eigenvalue weighted by molar-refractivity contribution is 6.45. The topological polar surface area (TPSA) is 65.8 Å². The fourth-order valence-corrected chi connectivity index (χ4v) is 5.70. The molecular formula is C37H50F2N4O. The number of rotatable bonds is 12. The number of amidine groups is 1. The molecule has 5 nitrogen and oxygen atoms in total. The maximum Gasteiger partial charge on any atom is 0.251 e. The van der Waals surface area contributed by atoms with Crippen molar-refractivity contribution < 1.29 is 13.6 Å². The predicted molar refractivity (Wildman–Crippen MR) is 181 cm³/mol. The molecule has 3 rings (SSSR count). The molecule has 2 aromatic rings. The van der Waals surface area contributed by atoms with Crippen molar-refractivity contribution >= 4 is 28.7 Å². The highest BCUT2D eigenvalue weighted by Gasteiger charge is 2.23. The van der Waals surface area contributed by atoms with Crippen molar-refractivity contribution in [2.45, 2.75) is 93.4 Å². The highest BCUT2D eigenvalue weighted by atomic mass is 19.2. The van der Waals surface area contributed by atoms with E-state index >= 15 is 0 Å². The first-order valence-corrected chi connectivity index (χ1v) is 16.1. The normalized spacial score (nSPS) is 18.9. The standard InChI is InChI=1S/C37H50F2N4O/c1-8-19-40-36(27(7)41-22-26(6)32-17-11-25(5)34(38)35(32)39)43-31-16-18-33(30(10-3)21-31)37(44)42-23-29-14-12-28(13-15-29)20-24(4)9-2/h8,11,16-19,21-22,24,28-29H,9-10,12-15,20,23H2,1-7H3,(H,40,43)(H,42,44)/b19-8-,26-22+,41-27+. The number of nitrogens with zero attached hydrogens (tertiary/aromatic N) is 2. The van der Waals surface area contributed by atoms with Crippen LogP contribution in [0.3, 0.4) is 0 Å². The van der Waals surface area contributed by atoms with E-state index in [1.807, 2.05) is 38.1 Å². The number of benzene rings is 2. The van der Waals surface area contributed by atoms with Crippen molar-refractivity contribution in [2.24, 2.45) is 27.7 Å². The molecule has 0 aromatic heterocycles. The molecule has 2 N–H and O–H groups in total. The van der Waals surface area contributed by atoms with Crippen LogP contribution in [0.4, 0.5) is 14.5 Å². The number of anilines is 1. The third-order valence-corrected chi connectivity index (χ3v) is 8.79. The van der Waals surface area contributed by atoms with Crippen molar-refractivity contribution in [1.29, 1.82) is 0 Å². The lowest BCUT2D eigenvalue weighted by atomic mass is 9.78. The Morgan fingerprint density at radius 2 is 1.68 bits per heavy atom. The van der Waals surface area contributed by atoms with Gasteiger partial charge < -0.3 is 10.6 Å². The van der Waals surface area contributed by atoms with Gasteiger partial charge in [0.2, 0.25) is 0 Å². The van der Waals surface area contributed by atoms with Gasteiger partial charge in [-0.25, -0.2) is 13.8 Å². The van der Waals surface area contributed by atoms with Gasteiger partial charge in [-0.15, -0.1) is 0 Å². The Morgan fingerprint density at radius 1 is 1.00 bits per heavy atom. The molecule has 44 heavy (non-hydrogen) atoms. The lowest BCUT2D eigenvalue weighted by Gasteiger charge is -2.30. The molecule has 0 aliphatic heterocycles. The first-order chi connectivity index (χ1) is 21.1. The van der Waals surface area contributed by atoms with Crippen LogP contribution in [-0.4, -0.2) is 24.0 Å². The molecule has 1 fully saturated rings. The number of aliphatic imine (C=N–C) groups is 2. The minimum Gasteiger partial charge on any atom is -0.352 e. The van der Waals surface area contributed by atoms with Crippen molar-refractivity contribution in [3.63, 3.8) is 0 Å². The molecular weight excluding hydrogens is 554 g/mol. The molecule has 1 aliphatic carbocycles. The molecule has 0 saturated heterocycles. The van der Waals surface area contributed by atoms with E-state index in [2.05, 4.69) is 34.5 Å². The van der Waals surface area contributed by atoms with Gasteiger partial charge in [0.15, 0.2) is 17.5 Å². The molecule has 1 saturated carbocycles. The Morgan fingerprint density at radius 3 is 2.34 bits per heavy atom. The lowest BCUT2D eigenvalue weighted by Crippen LogP contribution is -2.32. The van der Waals surface area contributed by atoms with Crippen LogP contribution in [0, 0.1) is 36.3 Å². The van der Waals surface area contributed by atoms with E-state index in [0.29, 0.717) is 35.0 Å². The molecule has 0 radical (unpaired) electrons. The predicted octanol–water partition coefficient (Wildman–Crippen LogP) is 9.67. The summed E-state index contributed by atoms with van der Waals surface area (Å²) in [6, 6.07) is 8.81. The SMILES string of the molecule is C\C=C/N=C(Nc1ccc(C(=O)NCC2CCC(CC(C)CC)CC2)c(CC)c1)\C(C)=N\C=C(/C)c1ccc(C)c(F)c1F. The second kappa shape index (κ2) is 17.0.